The molecule has 1 atom stereocenters. The molecule has 6 rings (SSSR count). The third-order valence-corrected chi connectivity index (χ3v) is 5.74. The molecule has 2 aromatic carbocycles. The number of hydrogen-bond donors (Lipinski definition) is 1. The van der Waals surface area contributed by atoms with Gasteiger partial charge in [0.2, 0.25) is 0 Å². The number of benzene rings is 2. The van der Waals surface area contributed by atoms with Crippen molar-refractivity contribution in [1.29, 1.82) is 0 Å². The Balaban J connectivity index is 1.26. The van der Waals surface area contributed by atoms with Gasteiger partial charge in [0.15, 0.2) is 17.3 Å². The number of furan rings is 2. The molecule has 2 aliphatic heterocycles. The Hall–Kier alpha value is -4.20. The van der Waals surface area contributed by atoms with Crippen molar-refractivity contribution in [3.8, 4) is 11.5 Å². The van der Waals surface area contributed by atoms with Crippen molar-refractivity contribution >= 4 is 28.3 Å². The molecule has 0 fully saturated rings. The molecule has 4 aromatic rings. The van der Waals surface area contributed by atoms with E-state index in [-0.39, 0.29) is 18.5 Å². The van der Waals surface area contributed by atoms with Gasteiger partial charge >= 0.3 is 0 Å². The average Bonchev–Trinajstić information content (AvgIpc) is 3.61. The fourth-order valence-corrected chi connectivity index (χ4v) is 4.18. The van der Waals surface area contributed by atoms with Crippen molar-refractivity contribution in [3.63, 3.8) is 0 Å². The zero-order valence-electron chi connectivity index (χ0n) is 17.7. The fourth-order valence-electron chi connectivity index (χ4n) is 4.18. The molecule has 2 aliphatic rings. The summed E-state index contributed by atoms with van der Waals surface area (Å²) in [6.45, 7) is 1.01. The second-order valence-electron chi connectivity index (χ2n) is 7.85. The molecule has 33 heavy (non-hydrogen) atoms. The van der Waals surface area contributed by atoms with Gasteiger partial charge in [-0.2, -0.15) is 5.10 Å². The summed E-state index contributed by atoms with van der Waals surface area (Å²) >= 11 is 0. The standard InChI is InChI=1S/C25H21N3O5/c29-24(15-26-17-6-3-8-22-25(17)32-12-11-31-22)28-19(21-9-4-10-30-21)14-18(27-28)23-13-16-5-1-2-7-20(16)33-23/h1-10,13,19,26H,11-12,14-15H2. The van der Waals surface area contributed by atoms with Gasteiger partial charge < -0.3 is 23.6 Å². The van der Waals surface area contributed by atoms with Gasteiger partial charge in [-0.3, -0.25) is 4.79 Å². The lowest BCUT2D eigenvalue weighted by atomic mass is 10.1. The lowest BCUT2D eigenvalue weighted by Gasteiger charge is -2.23. The predicted octanol–water partition coefficient (Wildman–Crippen LogP) is 4.59. The first-order valence-electron chi connectivity index (χ1n) is 10.8. The first kappa shape index (κ1) is 19.5. The number of fused-ring (bicyclic) bond motifs is 2. The molecule has 166 valence electrons. The maximum atomic E-state index is 13.3. The molecule has 1 amide bonds. The largest absolute Gasteiger partial charge is 0.486 e. The van der Waals surface area contributed by atoms with Crippen molar-refractivity contribution in [1.82, 2.24) is 5.01 Å². The zero-order chi connectivity index (χ0) is 22.2. The van der Waals surface area contributed by atoms with Crippen LogP contribution in [-0.2, 0) is 4.79 Å². The molecule has 0 saturated carbocycles. The zero-order valence-corrected chi connectivity index (χ0v) is 17.7. The van der Waals surface area contributed by atoms with Crippen LogP contribution in [0.4, 0.5) is 5.69 Å². The minimum absolute atomic E-state index is 0.0356. The number of nitrogens with zero attached hydrogens (tertiary/aromatic N) is 2. The highest BCUT2D eigenvalue weighted by Gasteiger charge is 2.36. The summed E-state index contributed by atoms with van der Waals surface area (Å²) in [5.41, 5.74) is 2.19. The van der Waals surface area contributed by atoms with Crippen molar-refractivity contribution < 1.29 is 23.1 Å². The molecule has 2 aromatic heterocycles. The molecule has 0 bridgehead atoms. The topological polar surface area (TPSA) is 89.4 Å². The summed E-state index contributed by atoms with van der Waals surface area (Å²) in [5, 5.41) is 10.3. The van der Waals surface area contributed by atoms with Crippen molar-refractivity contribution in [3.05, 3.63) is 78.4 Å². The molecule has 0 spiro atoms. The highest BCUT2D eigenvalue weighted by atomic mass is 16.6. The molecule has 8 nitrogen and oxygen atoms in total. The molecule has 4 heterocycles. The van der Waals surface area contributed by atoms with Crippen molar-refractivity contribution in [2.75, 3.05) is 25.1 Å². The van der Waals surface area contributed by atoms with Gasteiger partial charge in [-0.15, -0.1) is 0 Å². The van der Waals surface area contributed by atoms with Crippen LogP contribution in [0, 0.1) is 0 Å². The maximum absolute atomic E-state index is 13.3. The van der Waals surface area contributed by atoms with Gasteiger partial charge in [-0.1, -0.05) is 24.3 Å². The van der Waals surface area contributed by atoms with E-state index < -0.39 is 0 Å². The second-order valence-corrected chi connectivity index (χ2v) is 7.85. The van der Waals surface area contributed by atoms with Crippen LogP contribution in [0.1, 0.15) is 24.0 Å². The lowest BCUT2D eigenvalue weighted by Crippen LogP contribution is -2.32. The molecule has 8 heteroatoms. The number of carbonyl (C=O) groups excluding carboxylic acids is 1. The summed E-state index contributed by atoms with van der Waals surface area (Å²) in [4.78, 5) is 13.3. The van der Waals surface area contributed by atoms with E-state index in [0.29, 0.717) is 54.1 Å². The number of ether oxygens (including phenoxy) is 2. The van der Waals surface area contributed by atoms with Crippen LogP contribution in [0.25, 0.3) is 11.0 Å². The minimum Gasteiger partial charge on any atom is -0.486 e. The molecule has 0 aliphatic carbocycles. The van der Waals surface area contributed by atoms with E-state index in [2.05, 4.69) is 10.4 Å². The number of rotatable bonds is 5. The van der Waals surface area contributed by atoms with Crippen LogP contribution < -0.4 is 14.8 Å². The fraction of sp³-hybridized carbons (Fsp3) is 0.200. The maximum Gasteiger partial charge on any atom is 0.262 e. The van der Waals surface area contributed by atoms with Gasteiger partial charge in [0.25, 0.3) is 5.91 Å². The van der Waals surface area contributed by atoms with Crippen LogP contribution in [0.5, 0.6) is 11.5 Å². The van der Waals surface area contributed by atoms with E-state index >= 15 is 0 Å². The van der Waals surface area contributed by atoms with E-state index in [9.17, 15) is 4.79 Å². The number of nitrogens with one attached hydrogen (secondary N) is 1. The summed E-state index contributed by atoms with van der Waals surface area (Å²) < 4.78 is 23.0. The van der Waals surface area contributed by atoms with Crippen LogP contribution >= 0.6 is 0 Å². The summed E-state index contributed by atoms with van der Waals surface area (Å²) in [7, 11) is 0. The van der Waals surface area contributed by atoms with Gasteiger partial charge in [0.1, 0.15) is 36.3 Å². The van der Waals surface area contributed by atoms with Gasteiger partial charge in [0, 0.05) is 11.8 Å². The first-order chi connectivity index (χ1) is 16.3. The Kier molecular flexibility index (Phi) is 4.75. The number of hydrogen-bond acceptors (Lipinski definition) is 7. The quantitative estimate of drug-likeness (QED) is 0.485. The highest BCUT2D eigenvalue weighted by Crippen LogP contribution is 2.38. The molecule has 0 radical (unpaired) electrons. The third kappa shape index (κ3) is 3.59. The minimum atomic E-state index is -0.346. The van der Waals surface area contributed by atoms with Gasteiger partial charge in [-0.25, -0.2) is 5.01 Å². The number of hydrazone groups is 1. The average molecular weight is 443 g/mol. The van der Waals surface area contributed by atoms with E-state index in [1.54, 1.807) is 6.26 Å². The first-order valence-corrected chi connectivity index (χ1v) is 10.8. The smallest absolute Gasteiger partial charge is 0.262 e. The number of carbonyl (C=O) groups is 1. The Bertz CT molecular complexity index is 1310. The number of para-hydroxylation sites is 2. The third-order valence-electron chi connectivity index (χ3n) is 5.74. The van der Waals surface area contributed by atoms with Crippen LogP contribution in [0.15, 0.2) is 80.9 Å². The molecule has 1 unspecified atom stereocenters. The summed E-state index contributed by atoms with van der Waals surface area (Å²) in [5.74, 6) is 2.41. The van der Waals surface area contributed by atoms with Crippen molar-refractivity contribution in [2.24, 2.45) is 5.10 Å². The summed E-state index contributed by atoms with van der Waals surface area (Å²) in [6.07, 6.45) is 2.10. The molecule has 0 saturated heterocycles. The highest BCUT2D eigenvalue weighted by molar-refractivity contribution is 6.03. The van der Waals surface area contributed by atoms with Gasteiger partial charge in [0.05, 0.1) is 18.5 Å². The number of amides is 1. The van der Waals surface area contributed by atoms with E-state index in [0.717, 1.165) is 11.0 Å². The molecular formula is C25H21N3O5. The Labute approximate surface area is 189 Å². The second kappa shape index (κ2) is 8.05. The van der Waals surface area contributed by atoms with E-state index in [1.165, 1.54) is 5.01 Å². The Morgan fingerprint density at radius 1 is 1.06 bits per heavy atom. The molecular weight excluding hydrogens is 422 g/mol. The van der Waals surface area contributed by atoms with Crippen LogP contribution in [-0.4, -0.2) is 36.4 Å². The Morgan fingerprint density at radius 2 is 1.97 bits per heavy atom. The van der Waals surface area contributed by atoms with E-state index in [1.807, 2.05) is 60.7 Å². The predicted molar refractivity (Wildman–Crippen MR) is 122 cm³/mol. The number of anilines is 1. The molecule has 1 N–H and O–H groups in total. The van der Waals surface area contributed by atoms with Crippen LogP contribution in [0.2, 0.25) is 0 Å². The Morgan fingerprint density at radius 3 is 2.85 bits per heavy atom. The van der Waals surface area contributed by atoms with Gasteiger partial charge in [-0.05, 0) is 36.4 Å². The summed E-state index contributed by atoms with van der Waals surface area (Å²) in [6, 6.07) is 18.6. The van der Waals surface area contributed by atoms with E-state index in [4.69, 9.17) is 18.3 Å². The monoisotopic (exact) mass is 443 g/mol. The normalized spacial score (nSPS) is 17.3. The van der Waals surface area contributed by atoms with Crippen molar-refractivity contribution in [2.45, 2.75) is 12.5 Å². The van der Waals surface area contributed by atoms with Crippen LogP contribution in [0.3, 0.4) is 0 Å². The SMILES string of the molecule is O=C(CNc1cccc2c1OCCO2)N1N=C(c2cc3ccccc3o2)CC1c1ccco1. The lowest BCUT2D eigenvalue weighted by molar-refractivity contribution is -0.131.